The van der Waals surface area contributed by atoms with Crippen LogP contribution < -0.4 is 0 Å². The van der Waals surface area contributed by atoms with Gasteiger partial charge in [-0.25, -0.2) is 0 Å². The number of rotatable bonds is 2. The predicted molar refractivity (Wildman–Crippen MR) is 101 cm³/mol. The van der Waals surface area contributed by atoms with E-state index in [2.05, 4.69) is 59.3 Å². The summed E-state index contributed by atoms with van der Waals surface area (Å²) >= 11 is 0. The second-order valence-electron chi connectivity index (χ2n) is 8.13. The molecule has 2 saturated heterocycles. The van der Waals surface area contributed by atoms with E-state index in [4.69, 9.17) is 0 Å². The molecule has 3 heteroatoms. The Bertz CT molecular complexity index is 817. The molecule has 1 saturated carbocycles. The molecular weight excluding hydrogens is 308 g/mol. The van der Waals surface area contributed by atoms with Crippen molar-refractivity contribution in [2.24, 2.45) is 5.92 Å². The summed E-state index contributed by atoms with van der Waals surface area (Å²) in [5, 5.41) is 2.57. The Kier molecular flexibility index (Phi) is 3.60. The standard InChI is InChI=1S/C22H26N2O/c1-23-11-4-7-21-20(23)10-12-24(21)22(25)19-14-18(19)17-9-8-15-5-2-3-6-16(15)13-17/h2-3,5-6,8-9,13,18-21H,4,7,10-12,14H2,1H3/t18-,19+,20?,21?/m0/s1. The number of hydrogen-bond acceptors (Lipinski definition) is 2. The Morgan fingerprint density at radius 1 is 1.00 bits per heavy atom. The second-order valence-corrected chi connectivity index (χ2v) is 8.13. The van der Waals surface area contributed by atoms with Gasteiger partial charge in [0.05, 0.1) is 0 Å². The van der Waals surface area contributed by atoms with Crippen molar-refractivity contribution in [2.75, 3.05) is 20.1 Å². The van der Waals surface area contributed by atoms with Crippen molar-refractivity contribution in [2.45, 2.75) is 43.7 Å². The number of amides is 1. The van der Waals surface area contributed by atoms with E-state index < -0.39 is 0 Å². The summed E-state index contributed by atoms with van der Waals surface area (Å²) in [5.41, 5.74) is 1.34. The number of likely N-dealkylation sites (N-methyl/N-ethyl adjacent to an activating group) is 1. The Balaban J connectivity index is 1.32. The van der Waals surface area contributed by atoms with Gasteiger partial charge in [0, 0.05) is 24.5 Å². The molecule has 25 heavy (non-hydrogen) atoms. The zero-order valence-corrected chi connectivity index (χ0v) is 14.9. The smallest absolute Gasteiger partial charge is 0.226 e. The number of nitrogens with zero attached hydrogens (tertiary/aromatic N) is 2. The minimum atomic E-state index is 0.215. The summed E-state index contributed by atoms with van der Waals surface area (Å²) in [6.07, 6.45) is 4.59. The molecule has 4 atom stereocenters. The molecule has 5 rings (SSSR count). The maximum absolute atomic E-state index is 13.1. The van der Waals surface area contributed by atoms with Crippen LogP contribution in [0.15, 0.2) is 42.5 Å². The first-order valence-electron chi connectivity index (χ1n) is 9.72. The van der Waals surface area contributed by atoms with E-state index in [0.29, 0.717) is 23.9 Å². The zero-order chi connectivity index (χ0) is 17.0. The second kappa shape index (κ2) is 5.84. The molecule has 3 nitrogen and oxygen atoms in total. The summed E-state index contributed by atoms with van der Waals surface area (Å²) in [6, 6.07) is 16.3. The van der Waals surface area contributed by atoms with Gasteiger partial charge in [-0.15, -0.1) is 0 Å². The van der Waals surface area contributed by atoms with Gasteiger partial charge in [-0.1, -0.05) is 42.5 Å². The lowest BCUT2D eigenvalue weighted by molar-refractivity contribution is -0.134. The van der Waals surface area contributed by atoms with E-state index in [0.717, 1.165) is 19.4 Å². The normalized spacial score (nSPS) is 32.0. The number of likely N-dealkylation sites (tertiary alicyclic amines) is 2. The fraction of sp³-hybridized carbons (Fsp3) is 0.500. The molecule has 2 aliphatic heterocycles. The minimum Gasteiger partial charge on any atom is -0.338 e. The minimum absolute atomic E-state index is 0.215. The molecular formula is C22H26N2O. The van der Waals surface area contributed by atoms with E-state index >= 15 is 0 Å². The lowest BCUT2D eigenvalue weighted by Gasteiger charge is -2.37. The number of carbonyl (C=O) groups excluding carboxylic acids is 1. The maximum atomic E-state index is 13.1. The molecule has 2 aromatic rings. The molecule has 0 N–H and O–H groups in total. The Morgan fingerprint density at radius 3 is 2.72 bits per heavy atom. The molecule has 2 heterocycles. The average molecular weight is 334 g/mol. The van der Waals surface area contributed by atoms with Gasteiger partial charge in [0.15, 0.2) is 0 Å². The van der Waals surface area contributed by atoms with Gasteiger partial charge in [-0.3, -0.25) is 4.79 Å². The van der Waals surface area contributed by atoms with Crippen molar-refractivity contribution in [3.63, 3.8) is 0 Å². The maximum Gasteiger partial charge on any atom is 0.226 e. The average Bonchev–Trinajstić information content (AvgIpc) is 3.32. The summed E-state index contributed by atoms with van der Waals surface area (Å²) in [5.74, 6) is 1.06. The number of benzene rings is 2. The van der Waals surface area contributed by atoms with Gasteiger partial charge >= 0.3 is 0 Å². The van der Waals surface area contributed by atoms with Crippen molar-refractivity contribution >= 4 is 16.7 Å². The first kappa shape index (κ1) is 15.4. The highest BCUT2D eigenvalue weighted by Gasteiger charge is 2.50. The van der Waals surface area contributed by atoms with Crippen molar-refractivity contribution in [3.05, 3.63) is 48.0 Å². The highest BCUT2D eigenvalue weighted by Crippen LogP contribution is 2.50. The number of piperidine rings is 1. The third-order valence-corrected chi connectivity index (χ3v) is 6.68. The van der Waals surface area contributed by atoms with Crippen molar-refractivity contribution in [3.8, 4) is 0 Å². The quantitative estimate of drug-likeness (QED) is 0.837. The molecule has 0 radical (unpaired) electrons. The highest BCUT2D eigenvalue weighted by molar-refractivity contribution is 5.86. The molecule has 2 aromatic carbocycles. The van der Waals surface area contributed by atoms with Crippen molar-refractivity contribution in [1.29, 1.82) is 0 Å². The molecule has 1 amide bonds. The van der Waals surface area contributed by atoms with Crippen LogP contribution >= 0.6 is 0 Å². The van der Waals surface area contributed by atoms with Gasteiger partial charge < -0.3 is 9.80 Å². The van der Waals surface area contributed by atoms with Crippen molar-refractivity contribution in [1.82, 2.24) is 9.80 Å². The van der Waals surface area contributed by atoms with Gasteiger partial charge in [0.2, 0.25) is 5.91 Å². The fourth-order valence-electron chi connectivity index (χ4n) is 5.18. The van der Waals surface area contributed by atoms with E-state index in [1.807, 2.05) is 0 Å². The van der Waals surface area contributed by atoms with E-state index in [-0.39, 0.29) is 5.92 Å². The summed E-state index contributed by atoms with van der Waals surface area (Å²) in [6.45, 7) is 2.14. The van der Waals surface area contributed by atoms with E-state index in [9.17, 15) is 4.79 Å². The van der Waals surface area contributed by atoms with Crippen LogP contribution in [0.2, 0.25) is 0 Å². The van der Waals surface area contributed by atoms with Crippen LogP contribution in [0.3, 0.4) is 0 Å². The van der Waals surface area contributed by atoms with Crippen LogP contribution in [0.1, 0.15) is 37.2 Å². The monoisotopic (exact) mass is 334 g/mol. The Labute approximate surface area is 149 Å². The molecule has 2 unspecified atom stereocenters. The molecule has 3 aliphatic rings. The predicted octanol–water partition coefficient (Wildman–Crippen LogP) is 3.64. The van der Waals surface area contributed by atoms with Crippen LogP contribution in [-0.4, -0.2) is 47.9 Å². The third-order valence-electron chi connectivity index (χ3n) is 6.68. The van der Waals surface area contributed by atoms with Crippen molar-refractivity contribution < 1.29 is 4.79 Å². The highest BCUT2D eigenvalue weighted by atomic mass is 16.2. The van der Waals surface area contributed by atoms with Gasteiger partial charge in [-0.2, -0.15) is 0 Å². The summed E-state index contributed by atoms with van der Waals surface area (Å²) < 4.78 is 0. The van der Waals surface area contributed by atoms with Gasteiger partial charge in [0.1, 0.15) is 0 Å². The SMILES string of the molecule is CN1CCCC2C1CCN2C(=O)[C@@H]1C[C@H]1c1ccc2ccccc2c1. The van der Waals surface area contributed by atoms with Crippen LogP contribution in [-0.2, 0) is 4.79 Å². The van der Waals surface area contributed by atoms with Crippen LogP contribution in [0.4, 0.5) is 0 Å². The zero-order valence-electron chi connectivity index (χ0n) is 14.9. The van der Waals surface area contributed by atoms with Gasteiger partial charge in [-0.05, 0) is 61.5 Å². The van der Waals surface area contributed by atoms with Gasteiger partial charge in [0.25, 0.3) is 0 Å². The molecule has 3 fully saturated rings. The molecule has 0 spiro atoms. The molecule has 0 aromatic heterocycles. The summed E-state index contributed by atoms with van der Waals surface area (Å²) in [7, 11) is 2.22. The molecule has 0 bridgehead atoms. The lowest BCUT2D eigenvalue weighted by Crippen LogP contribution is -2.49. The fourth-order valence-corrected chi connectivity index (χ4v) is 5.18. The first-order chi connectivity index (χ1) is 12.2. The summed E-state index contributed by atoms with van der Waals surface area (Å²) in [4.78, 5) is 17.8. The van der Waals surface area contributed by atoms with Crippen LogP contribution in [0.25, 0.3) is 10.8 Å². The van der Waals surface area contributed by atoms with E-state index in [1.165, 1.54) is 35.7 Å². The molecule has 1 aliphatic carbocycles. The van der Waals surface area contributed by atoms with Crippen LogP contribution in [0, 0.1) is 5.92 Å². The largest absolute Gasteiger partial charge is 0.338 e. The Morgan fingerprint density at radius 2 is 1.84 bits per heavy atom. The number of fused-ring (bicyclic) bond motifs is 2. The number of carbonyl (C=O) groups is 1. The number of hydrogen-bond donors (Lipinski definition) is 0. The third kappa shape index (κ3) is 2.56. The topological polar surface area (TPSA) is 23.6 Å². The van der Waals surface area contributed by atoms with E-state index in [1.54, 1.807) is 0 Å². The van der Waals surface area contributed by atoms with Crippen LogP contribution in [0.5, 0.6) is 0 Å². The Hall–Kier alpha value is -1.87. The lowest BCUT2D eigenvalue weighted by atomic mass is 9.97. The molecule has 130 valence electrons. The first-order valence-corrected chi connectivity index (χ1v) is 9.72.